The van der Waals surface area contributed by atoms with Gasteiger partial charge >= 0.3 is 0 Å². The lowest BCUT2D eigenvalue weighted by Crippen LogP contribution is -2.41. The molecule has 0 spiro atoms. The molecule has 2 N–H and O–H groups in total. The van der Waals surface area contributed by atoms with E-state index in [-0.39, 0.29) is 12.8 Å². The van der Waals surface area contributed by atoms with Crippen molar-refractivity contribution in [3.05, 3.63) is 11.6 Å². The Morgan fingerprint density at radius 1 is 1.45 bits per heavy atom. The Bertz CT molecular complexity index is 484. The van der Waals surface area contributed by atoms with Gasteiger partial charge in [-0.1, -0.05) is 0 Å². The molecule has 1 aromatic rings. The summed E-state index contributed by atoms with van der Waals surface area (Å²) in [6.07, 6.45) is 2.86. The number of hydrogen-bond donors (Lipinski definition) is 2. The summed E-state index contributed by atoms with van der Waals surface area (Å²) in [5.41, 5.74) is 0. The number of halogens is 1. The molecule has 124 valence electrons. The van der Waals surface area contributed by atoms with E-state index < -0.39 is 0 Å². The third kappa shape index (κ3) is 4.94. The fourth-order valence-corrected chi connectivity index (χ4v) is 2.20. The highest BCUT2D eigenvalue weighted by Crippen LogP contribution is 2.10. The van der Waals surface area contributed by atoms with Gasteiger partial charge in [-0.3, -0.25) is 4.39 Å². The lowest BCUT2D eigenvalue weighted by molar-refractivity contribution is 0.114. The molecule has 0 radical (unpaired) electrons. The van der Waals surface area contributed by atoms with Crippen LogP contribution in [0.3, 0.4) is 0 Å². The lowest BCUT2D eigenvalue weighted by Gasteiger charge is -2.15. The van der Waals surface area contributed by atoms with E-state index in [2.05, 4.69) is 25.8 Å². The van der Waals surface area contributed by atoms with Crippen LogP contribution in [0.5, 0.6) is 0 Å². The molecule has 1 saturated heterocycles. The molecule has 2 rings (SSSR count). The van der Waals surface area contributed by atoms with Crippen molar-refractivity contribution in [2.75, 3.05) is 26.4 Å². The van der Waals surface area contributed by atoms with Crippen LogP contribution in [0.15, 0.2) is 4.99 Å². The molecule has 1 unspecified atom stereocenters. The van der Waals surface area contributed by atoms with Crippen molar-refractivity contribution in [1.82, 2.24) is 25.4 Å². The molecule has 1 aromatic heterocycles. The Labute approximate surface area is 130 Å². The second-order valence-corrected chi connectivity index (χ2v) is 5.37. The summed E-state index contributed by atoms with van der Waals surface area (Å²) in [6.45, 7) is 4.07. The molecular formula is C14H25FN6O. The molecular weight excluding hydrogens is 287 g/mol. The highest BCUT2D eigenvalue weighted by Gasteiger charge is 2.15. The topological polar surface area (TPSA) is 76.4 Å². The van der Waals surface area contributed by atoms with Crippen LogP contribution in [-0.4, -0.2) is 53.2 Å². The smallest absolute Gasteiger partial charge is 0.191 e. The van der Waals surface area contributed by atoms with Crippen LogP contribution in [-0.2, 0) is 18.3 Å². The maximum absolute atomic E-state index is 12.2. The number of nitrogens with one attached hydrogen (secondary N) is 2. The van der Waals surface area contributed by atoms with Gasteiger partial charge in [0.15, 0.2) is 11.8 Å². The predicted molar refractivity (Wildman–Crippen MR) is 82.5 cm³/mol. The van der Waals surface area contributed by atoms with Crippen LogP contribution in [0.1, 0.15) is 30.9 Å². The number of alkyl halides is 1. The van der Waals surface area contributed by atoms with E-state index in [0.29, 0.717) is 32.0 Å². The van der Waals surface area contributed by atoms with E-state index in [1.165, 1.54) is 0 Å². The minimum absolute atomic E-state index is 0.227. The SMILES string of the molecule is Cc1nnc(CN=C(NCCCF)NCC2CCCO2)n1C. The molecule has 0 aromatic carbocycles. The molecule has 0 saturated carbocycles. The highest BCUT2D eigenvalue weighted by atomic mass is 19.1. The predicted octanol–water partition coefficient (Wildman–Crippen LogP) is 0.697. The van der Waals surface area contributed by atoms with Gasteiger partial charge in [0.25, 0.3) is 0 Å². The van der Waals surface area contributed by atoms with Crippen LogP contribution in [0.4, 0.5) is 4.39 Å². The first kappa shape index (κ1) is 16.7. The summed E-state index contributed by atoms with van der Waals surface area (Å²) < 4.78 is 19.7. The molecule has 7 nitrogen and oxygen atoms in total. The molecule has 8 heteroatoms. The van der Waals surface area contributed by atoms with E-state index in [0.717, 1.165) is 31.1 Å². The van der Waals surface area contributed by atoms with Crippen molar-refractivity contribution in [1.29, 1.82) is 0 Å². The Morgan fingerprint density at radius 3 is 2.95 bits per heavy atom. The monoisotopic (exact) mass is 312 g/mol. The standard InChI is InChI=1S/C14H25FN6O/c1-11-19-20-13(21(11)2)10-18-14(16-7-4-6-15)17-9-12-5-3-8-22-12/h12H,3-10H2,1-2H3,(H2,16,17,18). The number of guanidine groups is 1. The van der Waals surface area contributed by atoms with Gasteiger partial charge < -0.3 is 19.9 Å². The summed E-state index contributed by atoms with van der Waals surface area (Å²) in [5, 5.41) is 14.5. The first-order valence-corrected chi connectivity index (χ1v) is 7.75. The first-order chi connectivity index (χ1) is 10.7. The van der Waals surface area contributed by atoms with Crippen LogP contribution in [0.25, 0.3) is 0 Å². The van der Waals surface area contributed by atoms with Crippen molar-refractivity contribution >= 4 is 5.96 Å². The number of rotatable bonds is 7. The maximum Gasteiger partial charge on any atom is 0.191 e. The number of hydrogen-bond acceptors (Lipinski definition) is 4. The Balaban J connectivity index is 1.89. The second-order valence-electron chi connectivity index (χ2n) is 5.37. The van der Waals surface area contributed by atoms with Gasteiger partial charge in [-0.05, 0) is 26.2 Å². The van der Waals surface area contributed by atoms with Crippen LogP contribution < -0.4 is 10.6 Å². The van der Waals surface area contributed by atoms with Crippen molar-refractivity contribution in [3.63, 3.8) is 0 Å². The fraction of sp³-hybridized carbons (Fsp3) is 0.786. The first-order valence-electron chi connectivity index (χ1n) is 7.75. The van der Waals surface area contributed by atoms with Gasteiger partial charge in [0.05, 0.1) is 12.8 Å². The summed E-state index contributed by atoms with van der Waals surface area (Å²) in [4.78, 5) is 4.49. The molecule has 1 aliphatic heterocycles. The Hall–Kier alpha value is -1.70. The van der Waals surface area contributed by atoms with Gasteiger partial charge in [-0.15, -0.1) is 10.2 Å². The summed E-state index contributed by atoms with van der Waals surface area (Å²) in [6, 6.07) is 0. The minimum Gasteiger partial charge on any atom is -0.376 e. The van der Waals surface area contributed by atoms with E-state index in [1.54, 1.807) is 0 Å². The zero-order valence-corrected chi connectivity index (χ0v) is 13.3. The average molecular weight is 312 g/mol. The zero-order chi connectivity index (χ0) is 15.8. The van der Waals surface area contributed by atoms with E-state index in [9.17, 15) is 4.39 Å². The second kappa shape index (κ2) is 8.67. The number of aromatic nitrogens is 3. The van der Waals surface area contributed by atoms with E-state index in [1.807, 2.05) is 18.5 Å². The quantitative estimate of drug-likeness (QED) is 0.440. The molecule has 22 heavy (non-hydrogen) atoms. The molecule has 0 bridgehead atoms. The fourth-order valence-electron chi connectivity index (χ4n) is 2.20. The summed E-state index contributed by atoms with van der Waals surface area (Å²) in [5.74, 6) is 2.30. The largest absolute Gasteiger partial charge is 0.376 e. The minimum atomic E-state index is -0.339. The number of aliphatic imine (C=N–C) groups is 1. The van der Waals surface area contributed by atoms with E-state index >= 15 is 0 Å². The normalized spacial score (nSPS) is 18.7. The van der Waals surface area contributed by atoms with Gasteiger partial charge in [0.2, 0.25) is 0 Å². The van der Waals surface area contributed by atoms with Gasteiger partial charge in [-0.25, -0.2) is 4.99 Å². The van der Waals surface area contributed by atoms with Crippen LogP contribution in [0.2, 0.25) is 0 Å². The van der Waals surface area contributed by atoms with Crippen molar-refractivity contribution in [2.24, 2.45) is 12.0 Å². The van der Waals surface area contributed by atoms with Crippen LogP contribution >= 0.6 is 0 Å². The van der Waals surface area contributed by atoms with Crippen molar-refractivity contribution in [3.8, 4) is 0 Å². The number of aryl methyl sites for hydroxylation is 1. The molecule has 1 fully saturated rings. The summed E-state index contributed by atoms with van der Waals surface area (Å²) >= 11 is 0. The van der Waals surface area contributed by atoms with E-state index in [4.69, 9.17) is 4.74 Å². The zero-order valence-electron chi connectivity index (χ0n) is 13.3. The average Bonchev–Trinajstić information content (AvgIpc) is 3.14. The number of nitrogens with zero attached hydrogens (tertiary/aromatic N) is 4. The highest BCUT2D eigenvalue weighted by molar-refractivity contribution is 5.79. The maximum atomic E-state index is 12.2. The molecule has 0 amide bonds. The van der Waals surface area contributed by atoms with Crippen molar-refractivity contribution in [2.45, 2.75) is 38.8 Å². The molecule has 1 atom stereocenters. The van der Waals surface area contributed by atoms with Crippen LogP contribution in [0, 0.1) is 6.92 Å². The van der Waals surface area contributed by atoms with Crippen molar-refractivity contribution < 1.29 is 9.13 Å². The lowest BCUT2D eigenvalue weighted by atomic mass is 10.2. The Morgan fingerprint density at radius 2 is 2.32 bits per heavy atom. The van der Waals surface area contributed by atoms with Gasteiger partial charge in [0, 0.05) is 26.7 Å². The Kier molecular flexibility index (Phi) is 6.57. The summed E-state index contributed by atoms with van der Waals surface area (Å²) in [7, 11) is 1.91. The molecule has 1 aliphatic rings. The molecule has 0 aliphatic carbocycles. The third-order valence-corrected chi connectivity index (χ3v) is 3.69. The van der Waals surface area contributed by atoms with Gasteiger partial charge in [0.1, 0.15) is 12.4 Å². The third-order valence-electron chi connectivity index (χ3n) is 3.69. The molecule has 2 heterocycles. The van der Waals surface area contributed by atoms with Gasteiger partial charge in [-0.2, -0.15) is 0 Å². The number of ether oxygens (including phenoxy) is 1.